The fraction of sp³-hybridized carbons (Fsp3) is 0.211. The molecule has 2 aromatic carbocycles. The maximum absolute atomic E-state index is 12.6. The highest BCUT2D eigenvalue weighted by molar-refractivity contribution is 5.97. The van der Waals surface area contributed by atoms with E-state index in [0.29, 0.717) is 5.89 Å². The zero-order chi connectivity index (χ0) is 17.2. The molecule has 0 fully saturated rings. The van der Waals surface area contributed by atoms with Crippen molar-refractivity contribution in [2.75, 3.05) is 11.5 Å². The highest BCUT2D eigenvalue weighted by Crippen LogP contribution is 2.31. The van der Waals surface area contributed by atoms with Crippen LogP contribution in [0.3, 0.4) is 0 Å². The van der Waals surface area contributed by atoms with Gasteiger partial charge in [0.05, 0.1) is 0 Å². The third-order valence-corrected chi connectivity index (χ3v) is 4.22. The summed E-state index contributed by atoms with van der Waals surface area (Å²) in [6.07, 6.45) is 0.841. The first-order chi connectivity index (χ1) is 12.2. The van der Waals surface area contributed by atoms with E-state index in [0.717, 1.165) is 17.7 Å². The quantitative estimate of drug-likeness (QED) is 0.733. The van der Waals surface area contributed by atoms with E-state index in [1.165, 1.54) is 5.56 Å². The Hall–Kier alpha value is -3.15. The van der Waals surface area contributed by atoms with Crippen molar-refractivity contribution in [3.63, 3.8) is 0 Å². The van der Waals surface area contributed by atoms with Crippen LogP contribution in [0.15, 0.2) is 59.0 Å². The molecular formula is C19H17N3O3. The number of fused-ring (bicyclic) bond motifs is 1. The van der Waals surface area contributed by atoms with Crippen molar-refractivity contribution in [3.05, 3.63) is 60.2 Å². The Morgan fingerprint density at radius 2 is 1.92 bits per heavy atom. The molecule has 126 valence electrons. The third kappa shape index (κ3) is 2.98. The number of ether oxygens (including phenoxy) is 1. The Labute approximate surface area is 145 Å². The Bertz CT molecular complexity index is 892. The van der Waals surface area contributed by atoms with Crippen LogP contribution in [0.25, 0.3) is 11.5 Å². The molecule has 0 saturated carbocycles. The minimum Gasteiger partial charge on any atom is -0.439 e. The van der Waals surface area contributed by atoms with Gasteiger partial charge in [-0.2, -0.15) is 0 Å². The van der Waals surface area contributed by atoms with Gasteiger partial charge in [-0.25, -0.2) is 0 Å². The van der Waals surface area contributed by atoms with Crippen LogP contribution in [0.1, 0.15) is 12.5 Å². The van der Waals surface area contributed by atoms with E-state index in [4.69, 9.17) is 9.15 Å². The number of amides is 1. The molecule has 2 heterocycles. The van der Waals surface area contributed by atoms with Crippen LogP contribution in [0.5, 0.6) is 6.08 Å². The van der Waals surface area contributed by atoms with Crippen LogP contribution in [0.2, 0.25) is 0 Å². The number of para-hydroxylation sites is 1. The zero-order valence-electron chi connectivity index (χ0n) is 13.8. The van der Waals surface area contributed by atoms with Gasteiger partial charge in [-0.3, -0.25) is 4.79 Å². The van der Waals surface area contributed by atoms with Gasteiger partial charge >= 0.3 is 6.08 Å². The lowest BCUT2D eigenvalue weighted by molar-refractivity contribution is -0.121. The van der Waals surface area contributed by atoms with Crippen LogP contribution in [0.4, 0.5) is 5.69 Å². The Kier molecular flexibility index (Phi) is 3.93. The normalized spacial score (nSPS) is 15.9. The number of nitrogens with zero attached hydrogens (tertiary/aromatic N) is 3. The van der Waals surface area contributed by atoms with Gasteiger partial charge in [0.25, 0.3) is 11.8 Å². The van der Waals surface area contributed by atoms with Crippen molar-refractivity contribution in [3.8, 4) is 17.5 Å². The molecule has 0 aliphatic carbocycles. The van der Waals surface area contributed by atoms with E-state index < -0.39 is 0 Å². The molecule has 0 radical (unpaired) electrons. The average Bonchev–Trinajstić information content (AvgIpc) is 3.24. The molecule has 25 heavy (non-hydrogen) atoms. The number of carbonyl (C=O) groups is 1. The number of aromatic nitrogens is 2. The highest BCUT2D eigenvalue weighted by atomic mass is 16.6. The van der Waals surface area contributed by atoms with Gasteiger partial charge in [-0.15, -0.1) is 5.10 Å². The van der Waals surface area contributed by atoms with E-state index >= 15 is 0 Å². The number of rotatable bonds is 4. The van der Waals surface area contributed by atoms with Crippen molar-refractivity contribution in [1.29, 1.82) is 0 Å². The second-order valence-corrected chi connectivity index (χ2v) is 5.97. The number of hydrogen-bond donors (Lipinski definition) is 0. The van der Waals surface area contributed by atoms with Crippen molar-refractivity contribution < 1.29 is 13.9 Å². The Morgan fingerprint density at radius 1 is 1.16 bits per heavy atom. The van der Waals surface area contributed by atoms with Crippen molar-refractivity contribution in [1.82, 2.24) is 10.2 Å². The topological polar surface area (TPSA) is 68.5 Å². The first-order valence-electron chi connectivity index (χ1n) is 8.14. The lowest BCUT2D eigenvalue weighted by atomic mass is 10.1. The molecule has 1 aliphatic heterocycles. The molecule has 1 amide bonds. The molecule has 0 bridgehead atoms. The molecule has 0 spiro atoms. The van der Waals surface area contributed by atoms with E-state index in [2.05, 4.69) is 10.2 Å². The molecule has 0 N–H and O–H groups in total. The van der Waals surface area contributed by atoms with E-state index in [1.807, 2.05) is 61.5 Å². The Balaban J connectivity index is 1.44. The smallest absolute Gasteiger partial charge is 0.415 e. The minimum absolute atomic E-state index is 0.00709. The molecule has 1 unspecified atom stereocenters. The first-order valence-corrected chi connectivity index (χ1v) is 8.14. The van der Waals surface area contributed by atoms with Gasteiger partial charge in [0.2, 0.25) is 0 Å². The van der Waals surface area contributed by atoms with Crippen LogP contribution in [0, 0.1) is 0 Å². The molecule has 1 aliphatic rings. The van der Waals surface area contributed by atoms with Gasteiger partial charge in [-0.1, -0.05) is 41.5 Å². The Morgan fingerprint density at radius 3 is 2.76 bits per heavy atom. The summed E-state index contributed by atoms with van der Waals surface area (Å²) >= 11 is 0. The van der Waals surface area contributed by atoms with Crippen molar-refractivity contribution in [2.45, 2.75) is 19.4 Å². The average molecular weight is 335 g/mol. The highest BCUT2D eigenvalue weighted by Gasteiger charge is 2.30. The summed E-state index contributed by atoms with van der Waals surface area (Å²) in [6.45, 7) is 1.88. The number of hydrogen-bond acceptors (Lipinski definition) is 5. The second-order valence-electron chi connectivity index (χ2n) is 5.97. The monoisotopic (exact) mass is 335 g/mol. The molecule has 6 heteroatoms. The fourth-order valence-electron chi connectivity index (χ4n) is 3.10. The lowest BCUT2D eigenvalue weighted by Crippen LogP contribution is -2.39. The molecular weight excluding hydrogens is 318 g/mol. The molecule has 3 aromatic rings. The predicted molar refractivity (Wildman–Crippen MR) is 92.3 cm³/mol. The zero-order valence-corrected chi connectivity index (χ0v) is 13.8. The number of carbonyl (C=O) groups excluding carboxylic acids is 1. The lowest BCUT2D eigenvalue weighted by Gasteiger charge is -2.22. The summed E-state index contributed by atoms with van der Waals surface area (Å²) in [5, 5.41) is 7.79. The van der Waals surface area contributed by atoms with Crippen molar-refractivity contribution >= 4 is 11.6 Å². The summed E-state index contributed by atoms with van der Waals surface area (Å²) in [4.78, 5) is 14.3. The molecule has 1 aromatic heterocycles. The van der Waals surface area contributed by atoms with Crippen LogP contribution >= 0.6 is 0 Å². The van der Waals surface area contributed by atoms with E-state index in [9.17, 15) is 4.79 Å². The molecule has 1 atom stereocenters. The van der Waals surface area contributed by atoms with Gasteiger partial charge in [0, 0.05) is 17.3 Å². The van der Waals surface area contributed by atoms with E-state index in [1.54, 1.807) is 4.90 Å². The molecule has 6 nitrogen and oxygen atoms in total. The maximum Gasteiger partial charge on any atom is 0.415 e. The van der Waals surface area contributed by atoms with Crippen LogP contribution in [-0.4, -0.2) is 28.8 Å². The summed E-state index contributed by atoms with van der Waals surface area (Å²) in [5.74, 6) is 0.236. The van der Waals surface area contributed by atoms with Gasteiger partial charge in [0.1, 0.15) is 0 Å². The third-order valence-electron chi connectivity index (χ3n) is 4.22. The summed E-state index contributed by atoms with van der Waals surface area (Å²) in [5.41, 5.74) is 2.92. The number of benzene rings is 2. The molecule has 0 saturated heterocycles. The predicted octanol–water partition coefficient (Wildman–Crippen LogP) is 3.09. The SMILES string of the molecule is CC1Cc2ccccc2N1C(=O)COc1nnc(-c2ccccc2)o1. The fourth-order valence-corrected chi connectivity index (χ4v) is 3.10. The molecule has 4 rings (SSSR count). The first kappa shape index (κ1) is 15.4. The summed E-state index contributed by atoms with van der Waals surface area (Å²) < 4.78 is 10.9. The van der Waals surface area contributed by atoms with Gasteiger partial charge < -0.3 is 14.1 Å². The maximum atomic E-state index is 12.6. The van der Waals surface area contributed by atoms with Gasteiger partial charge in [-0.05, 0) is 37.1 Å². The van der Waals surface area contributed by atoms with Crippen molar-refractivity contribution in [2.24, 2.45) is 0 Å². The largest absolute Gasteiger partial charge is 0.439 e. The van der Waals surface area contributed by atoms with E-state index in [-0.39, 0.29) is 24.6 Å². The van der Waals surface area contributed by atoms with Gasteiger partial charge in [0.15, 0.2) is 6.61 Å². The van der Waals surface area contributed by atoms with Crippen LogP contribution in [-0.2, 0) is 11.2 Å². The minimum atomic E-state index is -0.144. The van der Waals surface area contributed by atoms with Crippen LogP contribution < -0.4 is 9.64 Å². The number of anilines is 1. The summed E-state index contributed by atoms with van der Waals surface area (Å²) in [6, 6.07) is 17.4. The standard InChI is InChI=1S/C19H17N3O3/c1-13-11-15-9-5-6-10-16(15)22(13)17(23)12-24-19-21-20-18(25-19)14-7-3-2-4-8-14/h2-10,13H,11-12H2,1H3. The summed E-state index contributed by atoms with van der Waals surface area (Å²) in [7, 11) is 0. The second kappa shape index (κ2) is 6.39.